The average molecular weight is 400 g/mol. The third-order valence-electron chi connectivity index (χ3n) is 3.35. The summed E-state index contributed by atoms with van der Waals surface area (Å²) in [4.78, 5) is 4.29. The standard InChI is InChI=1S/C16H10BrCl2FN2/c1-9-2-4-11(18)7-14(9)22-15(8-21-16(22)17)10-3-5-13(20)12(19)6-10/h2-8H,1H3. The molecule has 0 saturated carbocycles. The van der Waals surface area contributed by atoms with E-state index in [0.717, 1.165) is 22.5 Å². The van der Waals surface area contributed by atoms with Crippen LogP contribution in [0.25, 0.3) is 16.9 Å². The molecule has 0 fully saturated rings. The summed E-state index contributed by atoms with van der Waals surface area (Å²) in [5, 5.41) is 0.702. The number of nitrogens with zero attached hydrogens (tertiary/aromatic N) is 2. The molecule has 0 aliphatic heterocycles. The van der Waals surface area contributed by atoms with Crippen LogP contribution in [0, 0.1) is 12.7 Å². The van der Waals surface area contributed by atoms with Gasteiger partial charge in [-0.25, -0.2) is 9.37 Å². The Hall–Kier alpha value is -1.36. The quantitative estimate of drug-likeness (QED) is 0.512. The van der Waals surface area contributed by atoms with Gasteiger partial charge in [0.25, 0.3) is 0 Å². The van der Waals surface area contributed by atoms with Crippen molar-refractivity contribution >= 4 is 39.1 Å². The summed E-state index contributed by atoms with van der Waals surface area (Å²) in [7, 11) is 0. The van der Waals surface area contributed by atoms with Crippen molar-refractivity contribution in [1.82, 2.24) is 9.55 Å². The molecule has 1 heterocycles. The van der Waals surface area contributed by atoms with Crippen molar-refractivity contribution in [2.75, 3.05) is 0 Å². The number of aromatic nitrogens is 2. The maximum atomic E-state index is 13.4. The van der Waals surface area contributed by atoms with E-state index in [2.05, 4.69) is 20.9 Å². The molecule has 0 N–H and O–H groups in total. The highest BCUT2D eigenvalue weighted by molar-refractivity contribution is 9.10. The summed E-state index contributed by atoms with van der Waals surface area (Å²) in [5.41, 5.74) is 3.49. The zero-order valence-corrected chi connectivity index (χ0v) is 14.5. The van der Waals surface area contributed by atoms with E-state index in [1.807, 2.05) is 29.7 Å². The third kappa shape index (κ3) is 2.78. The summed E-state index contributed by atoms with van der Waals surface area (Å²) in [5.74, 6) is -0.450. The molecule has 0 bridgehead atoms. The van der Waals surface area contributed by atoms with Gasteiger partial charge in [-0.1, -0.05) is 29.3 Å². The first-order valence-corrected chi connectivity index (χ1v) is 7.97. The van der Waals surface area contributed by atoms with Gasteiger partial charge in [0.05, 0.1) is 22.6 Å². The number of hydrogen-bond acceptors (Lipinski definition) is 1. The monoisotopic (exact) mass is 398 g/mol. The zero-order valence-electron chi connectivity index (χ0n) is 11.4. The van der Waals surface area contributed by atoms with Crippen LogP contribution >= 0.6 is 39.1 Å². The molecule has 1 aromatic heterocycles. The highest BCUT2D eigenvalue weighted by Crippen LogP contribution is 2.32. The van der Waals surface area contributed by atoms with Crippen molar-refractivity contribution in [3.8, 4) is 16.9 Å². The number of aryl methyl sites for hydroxylation is 1. The molecular formula is C16H10BrCl2FN2. The first-order valence-electron chi connectivity index (χ1n) is 6.42. The molecule has 0 amide bonds. The molecule has 0 aliphatic rings. The molecule has 0 radical (unpaired) electrons. The van der Waals surface area contributed by atoms with E-state index >= 15 is 0 Å². The van der Waals surface area contributed by atoms with E-state index in [-0.39, 0.29) is 5.02 Å². The number of rotatable bonds is 2. The van der Waals surface area contributed by atoms with E-state index in [1.54, 1.807) is 18.3 Å². The molecule has 112 valence electrons. The Labute approximate surface area is 145 Å². The predicted octanol–water partition coefficient (Wildman–Crippen LogP) is 6.06. The fraction of sp³-hybridized carbons (Fsp3) is 0.0625. The van der Waals surface area contributed by atoms with Crippen LogP contribution in [0.1, 0.15) is 5.56 Å². The van der Waals surface area contributed by atoms with E-state index in [4.69, 9.17) is 23.2 Å². The van der Waals surface area contributed by atoms with Gasteiger partial charge in [-0.15, -0.1) is 0 Å². The lowest BCUT2D eigenvalue weighted by molar-refractivity contribution is 0.628. The van der Waals surface area contributed by atoms with Gasteiger partial charge in [0.2, 0.25) is 0 Å². The van der Waals surface area contributed by atoms with E-state index in [1.165, 1.54) is 6.07 Å². The molecule has 0 atom stereocenters. The maximum absolute atomic E-state index is 13.4. The Morgan fingerprint density at radius 2 is 1.91 bits per heavy atom. The minimum Gasteiger partial charge on any atom is -0.287 e. The predicted molar refractivity (Wildman–Crippen MR) is 91.4 cm³/mol. The molecular weight excluding hydrogens is 390 g/mol. The van der Waals surface area contributed by atoms with Crippen LogP contribution in [-0.4, -0.2) is 9.55 Å². The van der Waals surface area contributed by atoms with Gasteiger partial charge in [0, 0.05) is 10.6 Å². The van der Waals surface area contributed by atoms with E-state index < -0.39 is 5.82 Å². The molecule has 2 nitrogen and oxygen atoms in total. The van der Waals surface area contributed by atoms with Gasteiger partial charge in [-0.3, -0.25) is 4.57 Å². The van der Waals surface area contributed by atoms with Gasteiger partial charge < -0.3 is 0 Å². The summed E-state index contributed by atoms with van der Waals surface area (Å²) in [6.45, 7) is 1.99. The summed E-state index contributed by atoms with van der Waals surface area (Å²) in [6.07, 6.45) is 1.70. The lowest BCUT2D eigenvalue weighted by Gasteiger charge is -2.13. The van der Waals surface area contributed by atoms with Gasteiger partial charge in [0.15, 0.2) is 4.73 Å². The SMILES string of the molecule is Cc1ccc(Cl)cc1-n1c(-c2ccc(F)c(Cl)c2)cnc1Br. The van der Waals surface area contributed by atoms with Crippen molar-refractivity contribution in [3.05, 3.63) is 68.8 Å². The van der Waals surface area contributed by atoms with Gasteiger partial charge in [0.1, 0.15) is 5.82 Å². The van der Waals surface area contributed by atoms with Crippen LogP contribution in [0.2, 0.25) is 10.0 Å². The minimum absolute atomic E-state index is 0.0733. The Bertz CT molecular complexity index is 861. The lowest BCUT2D eigenvalue weighted by atomic mass is 10.1. The molecule has 0 unspecified atom stereocenters. The smallest absolute Gasteiger partial charge is 0.182 e. The topological polar surface area (TPSA) is 17.8 Å². The summed E-state index contributed by atoms with van der Waals surface area (Å²) < 4.78 is 15.9. The Balaban J connectivity index is 2.23. The second kappa shape index (κ2) is 6.03. The normalized spacial score (nSPS) is 11.0. The zero-order chi connectivity index (χ0) is 15.9. The van der Waals surface area contributed by atoms with E-state index in [9.17, 15) is 4.39 Å². The molecule has 2 aromatic carbocycles. The lowest BCUT2D eigenvalue weighted by Crippen LogP contribution is -2.00. The van der Waals surface area contributed by atoms with Gasteiger partial charge >= 0.3 is 0 Å². The second-order valence-electron chi connectivity index (χ2n) is 4.81. The van der Waals surface area contributed by atoms with Crippen molar-refractivity contribution < 1.29 is 4.39 Å². The van der Waals surface area contributed by atoms with Crippen LogP contribution in [0.4, 0.5) is 4.39 Å². The van der Waals surface area contributed by atoms with Crippen molar-refractivity contribution in [2.24, 2.45) is 0 Å². The molecule has 0 aliphatic carbocycles. The Morgan fingerprint density at radius 1 is 1.14 bits per heavy atom. The Kier molecular flexibility index (Phi) is 4.26. The van der Waals surface area contributed by atoms with Crippen LogP contribution in [0.5, 0.6) is 0 Å². The number of hydrogen-bond donors (Lipinski definition) is 0. The summed E-state index contributed by atoms with van der Waals surface area (Å²) >= 11 is 15.4. The largest absolute Gasteiger partial charge is 0.287 e. The van der Waals surface area contributed by atoms with Crippen LogP contribution < -0.4 is 0 Å². The molecule has 3 rings (SSSR count). The van der Waals surface area contributed by atoms with Crippen molar-refractivity contribution in [2.45, 2.75) is 6.92 Å². The van der Waals surface area contributed by atoms with Gasteiger partial charge in [-0.2, -0.15) is 0 Å². The van der Waals surface area contributed by atoms with Crippen LogP contribution in [0.15, 0.2) is 47.3 Å². The number of benzene rings is 2. The molecule has 6 heteroatoms. The third-order valence-corrected chi connectivity index (χ3v) is 4.43. The molecule has 3 aromatic rings. The summed E-state index contributed by atoms with van der Waals surface area (Å²) in [6, 6.07) is 10.2. The van der Waals surface area contributed by atoms with Crippen molar-refractivity contribution in [3.63, 3.8) is 0 Å². The van der Waals surface area contributed by atoms with Crippen molar-refractivity contribution in [1.29, 1.82) is 0 Å². The molecule has 0 spiro atoms. The van der Waals surface area contributed by atoms with Crippen LogP contribution in [-0.2, 0) is 0 Å². The highest BCUT2D eigenvalue weighted by Gasteiger charge is 2.15. The van der Waals surface area contributed by atoms with Gasteiger partial charge in [-0.05, 0) is 58.7 Å². The molecule has 0 saturated heterocycles. The first kappa shape index (κ1) is 15.5. The fourth-order valence-electron chi connectivity index (χ4n) is 2.24. The second-order valence-corrected chi connectivity index (χ2v) is 6.36. The first-order chi connectivity index (χ1) is 10.5. The highest BCUT2D eigenvalue weighted by atomic mass is 79.9. The Morgan fingerprint density at radius 3 is 2.64 bits per heavy atom. The number of halogens is 4. The fourth-order valence-corrected chi connectivity index (χ4v) is 3.07. The number of imidazole rings is 1. The average Bonchev–Trinajstić information content (AvgIpc) is 2.86. The van der Waals surface area contributed by atoms with Crippen LogP contribution in [0.3, 0.4) is 0 Å². The molecule has 22 heavy (non-hydrogen) atoms. The minimum atomic E-state index is -0.450. The maximum Gasteiger partial charge on any atom is 0.182 e. The van der Waals surface area contributed by atoms with E-state index in [0.29, 0.717) is 9.76 Å².